The van der Waals surface area contributed by atoms with Gasteiger partial charge in [-0.3, -0.25) is 9.20 Å². The third-order valence-corrected chi connectivity index (χ3v) is 6.71. The lowest BCUT2D eigenvalue weighted by Gasteiger charge is -2.42. The predicted molar refractivity (Wildman–Crippen MR) is 122 cm³/mol. The van der Waals surface area contributed by atoms with E-state index in [9.17, 15) is 9.90 Å². The average Bonchev–Trinajstić information content (AvgIpc) is 3.50. The number of aromatic nitrogens is 4. The number of nitrogens with zero attached hydrogens (tertiary/aromatic N) is 4. The fourth-order valence-corrected chi connectivity index (χ4v) is 5.16. The van der Waals surface area contributed by atoms with Crippen molar-refractivity contribution in [1.29, 1.82) is 0 Å². The van der Waals surface area contributed by atoms with Crippen LogP contribution in [-0.4, -0.2) is 49.2 Å². The number of nitrogens with one attached hydrogen (secondary N) is 1. The van der Waals surface area contributed by atoms with Gasteiger partial charge < -0.3 is 20.9 Å². The van der Waals surface area contributed by atoms with Crippen molar-refractivity contribution in [3.05, 3.63) is 72.2 Å². The topological polar surface area (TPSA) is 128 Å². The van der Waals surface area contributed by atoms with Gasteiger partial charge in [-0.15, -0.1) is 0 Å². The van der Waals surface area contributed by atoms with Gasteiger partial charge in [0, 0.05) is 29.7 Å². The predicted octanol–water partition coefficient (Wildman–Crippen LogP) is 2.56. The number of benzene rings is 1. The third kappa shape index (κ3) is 2.99. The summed E-state index contributed by atoms with van der Waals surface area (Å²) in [6.45, 7) is 0.370. The number of nitrogens with two attached hydrogens (primary N) is 1. The number of nitrogen functional groups attached to an aromatic ring is 1. The second-order valence-corrected chi connectivity index (χ2v) is 8.94. The van der Waals surface area contributed by atoms with Crippen LogP contribution in [0.5, 0.6) is 0 Å². The van der Waals surface area contributed by atoms with Crippen LogP contribution in [0.25, 0.3) is 16.8 Å². The van der Waals surface area contributed by atoms with Gasteiger partial charge in [0.2, 0.25) is 0 Å². The Bertz CT molecular complexity index is 1430. The standard InChI is InChI=1S/C24H21FN6O3/c25-16-9-14(21(33)29-17-3-1-2-6-27-17)4-5-15(16)18-19-20(26)28-7-8-31(19)22(30-18)23-10-24(11-23,12-32)34-13-23/h1-9,32H,10-13H2,(H2,26,28)(H,27,29,33). The number of amides is 1. The van der Waals surface area contributed by atoms with E-state index in [1.54, 1.807) is 36.8 Å². The SMILES string of the molecule is Nc1nccn2c(C34COC(CO)(C3)C4)nc(-c3ccc(C(=O)Nc4ccccn4)cc3F)c12. The molecule has 1 aromatic carbocycles. The highest BCUT2D eigenvalue weighted by Crippen LogP contribution is 2.58. The van der Waals surface area contributed by atoms with E-state index in [1.807, 2.05) is 4.40 Å². The first-order chi connectivity index (χ1) is 16.4. The summed E-state index contributed by atoms with van der Waals surface area (Å²) < 4.78 is 23.0. The highest BCUT2D eigenvalue weighted by molar-refractivity contribution is 6.04. The lowest BCUT2D eigenvalue weighted by atomic mass is 9.62. The van der Waals surface area contributed by atoms with Gasteiger partial charge in [-0.2, -0.15) is 0 Å². The number of halogens is 1. The normalized spacial score (nSPS) is 23.1. The van der Waals surface area contributed by atoms with Crippen LogP contribution >= 0.6 is 0 Å². The van der Waals surface area contributed by atoms with Crippen LogP contribution in [0.4, 0.5) is 16.0 Å². The Morgan fingerprint density at radius 1 is 1.24 bits per heavy atom. The number of hydrogen-bond acceptors (Lipinski definition) is 7. The van der Waals surface area contributed by atoms with E-state index < -0.39 is 17.3 Å². The van der Waals surface area contributed by atoms with Gasteiger partial charge in [0.25, 0.3) is 5.91 Å². The number of anilines is 2. The summed E-state index contributed by atoms with van der Waals surface area (Å²) in [7, 11) is 0. The largest absolute Gasteiger partial charge is 0.393 e. The Hall–Kier alpha value is -3.89. The lowest BCUT2D eigenvalue weighted by molar-refractivity contribution is -0.0486. The summed E-state index contributed by atoms with van der Waals surface area (Å²) in [6.07, 6.45) is 6.14. The maximum absolute atomic E-state index is 15.3. The van der Waals surface area contributed by atoms with E-state index in [-0.39, 0.29) is 29.0 Å². The number of hydrogen-bond donors (Lipinski definition) is 3. The minimum Gasteiger partial charge on any atom is -0.393 e. The molecule has 7 rings (SSSR count). The number of aliphatic hydroxyl groups is 1. The van der Waals surface area contributed by atoms with Crippen LogP contribution in [0.1, 0.15) is 29.0 Å². The number of carbonyl (C=O) groups excluding carboxylic acids is 1. The van der Waals surface area contributed by atoms with E-state index in [4.69, 9.17) is 15.5 Å². The molecule has 34 heavy (non-hydrogen) atoms. The molecule has 172 valence electrons. The van der Waals surface area contributed by atoms with Crippen molar-refractivity contribution in [1.82, 2.24) is 19.4 Å². The smallest absolute Gasteiger partial charge is 0.256 e. The third-order valence-electron chi connectivity index (χ3n) is 6.71. The molecule has 3 fully saturated rings. The fraction of sp³-hybridized carbons (Fsp3) is 0.250. The molecule has 1 amide bonds. The van der Waals surface area contributed by atoms with Crippen molar-refractivity contribution in [2.24, 2.45) is 0 Å². The second-order valence-electron chi connectivity index (χ2n) is 8.94. The van der Waals surface area contributed by atoms with Crippen molar-refractivity contribution in [3.63, 3.8) is 0 Å². The molecule has 4 aromatic rings. The molecule has 0 atom stereocenters. The summed E-state index contributed by atoms with van der Waals surface area (Å²) >= 11 is 0. The molecule has 3 aromatic heterocycles. The molecule has 3 aliphatic rings. The molecule has 1 aliphatic carbocycles. The maximum Gasteiger partial charge on any atom is 0.256 e. The summed E-state index contributed by atoms with van der Waals surface area (Å²) in [6, 6.07) is 9.35. The number of rotatable bonds is 5. The van der Waals surface area contributed by atoms with Crippen LogP contribution in [0.15, 0.2) is 55.0 Å². The van der Waals surface area contributed by atoms with E-state index in [0.717, 1.165) is 0 Å². The minimum absolute atomic E-state index is 0.0503. The zero-order valence-electron chi connectivity index (χ0n) is 18.0. The van der Waals surface area contributed by atoms with Crippen molar-refractivity contribution < 1.29 is 19.0 Å². The number of fused-ring (bicyclic) bond motifs is 2. The molecular formula is C24H21FN6O3. The Morgan fingerprint density at radius 2 is 2.09 bits per heavy atom. The lowest BCUT2D eigenvalue weighted by Crippen LogP contribution is -2.50. The molecule has 9 nitrogen and oxygen atoms in total. The van der Waals surface area contributed by atoms with Crippen LogP contribution in [0.2, 0.25) is 0 Å². The molecule has 1 saturated carbocycles. The zero-order chi connectivity index (χ0) is 23.5. The Kier molecular flexibility index (Phi) is 4.45. The van der Waals surface area contributed by atoms with Crippen molar-refractivity contribution in [2.45, 2.75) is 23.9 Å². The number of imidazole rings is 1. The highest BCUT2D eigenvalue weighted by atomic mass is 19.1. The van der Waals surface area contributed by atoms with Crippen LogP contribution in [-0.2, 0) is 10.2 Å². The van der Waals surface area contributed by atoms with Crippen LogP contribution in [0, 0.1) is 5.82 Å². The summed E-state index contributed by atoms with van der Waals surface area (Å²) in [5, 5.41) is 12.3. The number of ether oxygens (including phenoxy) is 1. The molecule has 5 heterocycles. The van der Waals surface area contributed by atoms with Gasteiger partial charge in [-0.05, 0) is 43.2 Å². The van der Waals surface area contributed by atoms with Gasteiger partial charge in [-0.25, -0.2) is 19.3 Å². The molecule has 0 radical (unpaired) electrons. The average molecular weight is 460 g/mol. The Balaban J connectivity index is 1.40. The zero-order valence-corrected chi connectivity index (χ0v) is 18.0. The van der Waals surface area contributed by atoms with Crippen molar-refractivity contribution in [2.75, 3.05) is 24.3 Å². The van der Waals surface area contributed by atoms with Crippen LogP contribution in [0.3, 0.4) is 0 Å². The first kappa shape index (κ1) is 20.7. The van der Waals surface area contributed by atoms with Gasteiger partial charge in [0.05, 0.1) is 24.2 Å². The Labute approximate surface area is 193 Å². The monoisotopic (exact) mass is 460 g/mol. The molecule has 4 N–H and O–H groups in total. The van der Waals surface area contributed by atoms with Crippen LogP contribution < -0.4 is 11.1 Å². The van der Waals surface area contributed by atoms with Gasteiger partial charge >= 0.3 is 0 Å². The van der Waals surface area contributed by atoms with E-state index in [1.165, 1.54) is 18.2 Å². The number of pyridine rings is 1. The molecule has 2 aliphatic heterocycles. The molecular weight excluding hydrogens is 439 g/mol. The van der Waals surface area contributed by atoms with Crippen molar-refractivity contribution >= 4 is 23.1 Å². The summed E-state index contributed by atoms with van der Waals surface area (Å²) in [5.74, 6) is 0.206. The first-order valence-electron chi connectivity index (χ1n) is 10.8. The van der Waals surface area contributed by atoms with Gasteiger partial charge in [0.15, 0.2) is 0 Å². The number of aliphatic hydroxyl groups excluding tert-OH is 1. The Morgan fingerprint density at radius 3 is 2.79 bits per heavy atom. The first-order valence-corrected chi connectivity index (χ1v) is 10.8. The molecule has 2 saturated heterocycles. The second kappa shape index (κ2) is 7.31. The quantitative estimate of drug-likeness (QED) is 0.418. The summed E-state index contributed by atoms with van der Waals surface area (Å²) in [4.78, 5) is 25.6. The highest BCUT2D eigenvalue weighted by Gasteiger charge is 2.64. The molecule has 10 heteroatoms. The molecule has 0 unspecified atom stereocenters. The fourth-order valence-electron chi connectivity index (χ4n) is 5.16. The maximum atomic E-state index is 15.3. The van der Waals surface area contributed by atoms with Gasteiger partial charge in [0.1, 0.15) is 34.5 Å². The van der Waals surface area contributed by atoms with E-state index in [2.05, 4.69) is 15.3 Å². The minimum atomic E-state index is -0.609. The van der Waals surface area contributed by atoms with Crippen molar-refractivity contribution in [3.8, 4) is 11.3 Å². The number of carbonyl (C=O) groups is 1. The van der Waals surface area contributed by atoms with E-state index in [0.29, 0.717) is 42.3 Å². The molecule has 2 bridgehead atoms. The van der Waals surface area contributed by atoms with E-state index >= 15 is 4.39 Å². The summed E-state index contributed by atoms with van der Waals surface area (Å²) in [5.41, 5.74) is 6.48. The van der Waals surface area contributed by atoms with Gasteiger partial charge in [-0.1, -0.05) is 6.07 Å². The molecule has 0 spiro atoms.